The van der Waals surface area contributed by atoms with Crippen LogP contribution < -0.4 is 5.32 Å². The fourth-order valence-corrected chi connectivity index (χ4v) is 1.36. The van der Waals surface area contributed by atoms with Gasteiger partial charge in [-0.25, -0.2) is 0 Å². The number of nitrogens with one attached hydrogen (secondary N) is 1. The molecule has 0 saturated heterocycles. The molecular weight excluding hydrogens is 207 g/mol. The van der Waals surface area contributed by atoms with Gasteiger partial charge in [0.15, 0.2) is 0 Å². The first-order valence-corrected chi connectivity index (χ1v) is 5.21. The second-order valence-electron chi connectivity index (χ2n) is 4.76. The molecular formula is C10H18F3NO. The molecule has 0 aromatic heterocycles. The van der Waals surface area contributed by atoms with Crippen molar-refractivity contribution in [2.75, 3.05) is 13.2 Å². The summed E-state index contributed by atoms with van der Waals surface area (Å²) >= 11 is 0. The molecule has 15 heavy (non-hydrogen) atoms. The van der Waals surface area contributed by atoms with Crippen LogP contribution in [0.2, 0.25) is 0 Å². The normalized spacial score (nSPS) is 23.6. The Morgan fingerprint density at radius 1 is 1.33 bits per heavy atom. The van der Waals surface area contributed by atoms with E-state index in [0.29, 0.717) is 6.42 Å². The average Bonchev–Trinajstić information content (AvgIpc) is 2.94. The Bertz CT molecular complexity index is 219. The largest absolute Gasteiger partial charge is 0.406 e. The van der Waals surface area contributed by atoms with Crippen molar-refractivity contribution >= 4 is 0 Å². The first kappa shape index (κ1) is 12.8. The molecule has 2 nitrogen and oxygen atoms in total. The van der Waals surface area contributed by atoms with E-state index in [9.17, 15) is 13.2 Å². The summed E-state index contributed by atoms with van der Waals surface area (Å²) < 4.78 is 37.7. The molecule has 1 aliphatic carbocycles. The van der Waals surface area contributed by atoms with Crippen molar-refractivity contribution in [1.29, 1.82) is 0 Å². The predicted octanol–water partition coefficient (Wildman–Crippen LogP) is 2.08. The Morgan fingerprint density at radius 2 is 1.87 bits per heavy atom. The Morgan fingerprint density at radius 3 is 2.13 bits per heavy atom. The number of alkyl halides is 3. The molecule has 0 aromatic carbocycles. The monoisotopic (exact) mass is 225 g/mol. The number of rotatable bonds is 5. The van der Waals surface area contributed by atoms with Crippen molar-refractivity contribution in [3.05, 3.63) is 0 Å². The lowest BCUT2D eigenvalue weighted by Gasteiger charge is -2.30. The summed E-state index contributed by atoms with van der Waals surface area (Å²) in [5.74, 6) is 0. The summed E-state index contributed by atoms with van der Waals surface area (Å²) in [5.41, 5.74) is -2.13. The van der Waals surface area contributed by atoms with Crippen LogP contribution in [0.3, 0.4) is 0 Å². The van der Waals surface area contributed by atoms with E-state index in [1.54, 1.807) is 6.92 Å². The molecule has 0 aliphatic heterocycles. The third-order valence-corrected chi connectivity index (χ3v) is 3.38. The minimum absolute atomic E-state index is 0.0928. The van der Waals surface area contributed by atoms with Crippen LogP contribution in [0, 0.1) is 5.41 Å². The number of halogens is 3. The van der Waals surface area contributed by atoms with Crippen molar-refractivity contribution in [1.82, 2.24) is 5.32 Å². The maximum absolute atomic E-state index is 12.6. The molecule has 1 unspecified atom stereocenters. The highest BCUT2D eigenvalue weighted by Crippen LogP contribution is 2.49. The zero-order chi connectivity index (χ0) is 11.7. The van der Waals surface area contributed by atoms with Crippen molar-refractivity contribution in [2.45, 2.75) is 44.8 Å². The van der Waals surface area contributed by atoms with Crippen LogP contribution in [-0.2, 0) is 0 Å². The van der Waals surface area contributed by atoms with Crippen LogP contribution >= 0.6 is 0 Å². The van der Waals surface area contributed by atoms with Gasteiger partial charge < -0.3 is 10.4 Å². The molecule has 0 heterocycles. The number of aliphatic hydroxyl groups excluding tert-OH is 1. The Kier molecular flexibility index (Phi) is 3.36. The zero-order valence-electron chi connectivity index (χ0n) is 9.12. The van der Waals surface area contributed by atoms with E-state index in [2.05, 4.69) is 5.32 Å². The quantitative estimate of drug-likeness (QED) is 0.750. The molecule has 1 aliphatic rings. The van der Waals surface area contributed by atoms with Gasteiger partial charge in [0.1, 0.15) is 5.54 Å². The van der Waals surface area contributed by atoms with Crippen LogP contribution in [0.15, 0.2) is 0 Å². The number of aliphatic hydroxyl groups is 1. The Balaban J connectivity index is 2.50. The van der Waals surface area contributed by atoms with E-state index in [-0.39, 0.29) is 26.0 Å². The summed E-state index contributed by atoms with van der Waals surface area (Å²) in [6.07, 6.45) is -3.20. The standard InChI is InChI=1S/C10H18F3NO/c1-3-8(2,7-15)6-14-9(4-5-9)10(11,12)13/h14-15H,3-7H2,1-2H3. The molecule has 0 aromatic rings. The first-order chi connectivity index (χ1) is 6.79. The predicted molar refractivity (Wildman–Crippen MR) is 51.5 cm³/mol. The van der Waals surface area contributed by atoms with Gasteiger partial charge in [-0.1, -0.05) is 13.8 Å². The zero-order valence-corrected chi connectivity index (χ0v) is 9.12. The maximum Gasteiger partial charge on any atom is 0.406 e. The topological polar surface area (TPSA) is 32.3 Å². The van der Waals surface area contributed by atoms with Gasteiger partial charge >= 0.3 is 6.18 Å². The smallest absolute Gasteiger partial charge is 0.396 e. The Labute approximate surface area is 87.9 Å². The lowest BCUT2D eigenvalue weighted by atomic mass is 9.88. The van der Waals surface area contributed by atoms with Gasteiger partial charge in [-0.05, 0) is 19.3 Å². The molecule has 0 bridgehead atoms. The SMILES string of the molecule is CCC(C)(CO)CNC1(C(F)(F)F)CC1. The molecule has 1 rings (SSSR count). The summed E-state index contributed by atoms with van der Waals surface area (Å²) in [7, 11) is 0. The fraction of sp³-hybridized carbons (Fsp3) is 1.00. The minimum atomic E-state index is -4.17. The molecule has 1 fully saturated rings. The molecule has 0 amide bonds. The van der Waals surface area contributed by atoms with Gasteiger partial charge in [-0.15, -0.1) is 0 Å². The van der Waals surface area contributed by atoms with Gasteiger partial charge in [0.05, 0.1) is 0 Å². The Hall–Kier alpha value is -0.290. The van der Waals surface area contributed by atoms with Crippen molar-refractivity contribution in [3.8, 4) is 0 Å². The summed E-state index contributed by atoms with van der Waals surface area (Å²) in [6.45, 7) is 3.77. The highest BCUT2D eigenvalue weighted by atomic mass is 19.4. The minimum Gasteiger partial charge on any atom is -0.396 e. The van der Waals surface area contributed by atoms with Crippen LogP contribution in [0.4, 0.5) is 13.2 Å². The van der Waals surface area contributed by atoms with Gasteiger partial charge in [0.2, 0.25) is 0 Å². The average molecular weight is 225 g/mol. The lowest BCUT2D eigenvalue weighted by Crippen LogP contribution is -2.49. The fourth-order valence-electron chi connectivity index (χ4n) is 1.36. The van der Waals surface area contributed by atoms with E-state index < -0.39 is 17.1 Å². The molecule has 5 heteroatoms. The summed E-state index contributed by atoms with van der Waals surface area (Å²) in [6, 6.07) is 0. The summed E-state index contributed by atoms with van der Waals surface area (Å²) in [5, 5.41) is 11.7. The molecule has 0 radical (unpaired) electrons. The van der Waals surface area contributed by atoms with E-state index in [1.807, 2.05) is 6.92 Å². The number of hydrogen-bond acceptors (Lipinski definition) is 2. The van der Waals surface area contributed by atoms with Crippen LogP contribution in [0.1, 0.15) is 33.1 Å². The van der Waals surface area contributed by atoms with Crippen molar-refractivity contribution in [3.63, 3.8) is 0 Å². The molecule has 0 spiro atoms. The van der Waals surface area contributed by atoms with Gasteiger partial charge in [-0.2, -0.15) is 13.2 Å². The van der Waals surface area contributed by atoms with E-state index >= 15 is 0 Å². The van der Waals surface area contributed by atoms with Gasteiger partial charge in [0.25, 0.3) is 0 Å². The highest BCUT2D eigenvalue weighted by Gasteiger charge is 2.63. The van der Waals surface area contributed by atoms with Crippen LogP contribution in [0.5, 0.6) is 0 Å². The third-order valence-electron chi connectivity index (χ3n) is 3.38. The molecule has 1 atom stereocenters. The van der Waals surface area contributed by atoms with Gasteiger partial charge in [0, 0.05) is 18.6 Å². The van der Waals surface area contributed by atoms with E-state index in [1.165, 1.54) is 0 Å². The second kappa shape index (κ2) is 3.94. The molecule has 1 saturated carbocycles. The first-order valence-electron chi connectivity index (χ1n) is 5.21. The molecule has 2 N–H and O–H groups in total. The highest BCUT2D eigenvalue weighted by molar-refractivity contribution is 5.08. The number of hydrogen-bond donors (Lipinski definition) is 2. The lowest BCUT2D eigenvalue weighted by molar-refractivity contribution is -0.167. The van der Waals surface area contributed by atoms with Crippen LogP contribution in [-0.4, -0.2) is 30.0 Å². The summed E-state index contributed by atoms with van der Waals surface area (Å²) in [4.78, 5) is 0. The van der Waals surface area contributed by atoms with Gasteiger partial charge in [-0.3, -0.25) is 0 Å². The van der Waals surface area contributed by atoms with Crippen molar-refractivity contribution in [2.24, 2.45) is 5.41 Å². The van der Waals surface area contributed by atoms with Crippen molar-refractivity contribution < 1.29 is 18.3 Å². The maximum atomic E-state index is 12.6. The van der Waals surface area contributed by atoms with Crippen LogP contribution in [0.25, 0.3) is 0 Å². The van der Waals surface area contributed by atoms with E-state index in [4.69, 9.17) is 5.11 Å². The van der Waals surface area contributed by atoms with E-state index in [0.717, 1.165) is 0 Å². The third kappa shape index (κ3) is 2.64. The molecule has 90 valence electrons. The second-order valence-corrected chi connectivity index (χ2v) is 4.76.